The van der Waals surface area contributed by atoms with Gasteiger partial charge in [-0.05, 0) is 43.2 Å². The second-order valence-corrected chi connectivity index (χ2v) is 8.28. The van der Waals surface area contributed by atoms with Gasteiger partial charge >= 0.3 is 0 Å². The van der Waals surface area contributed by atoms with Gasteiger partial charge in [0.1, 0.15) is 0 Å². The molecule has 0 aromatic heterocycles. The Hall–Kier alpha value is -0.880. The highest BCUT2D eigenvalue weighted by atomic mass is 32.2. The van der Waals surface area contributed by atoms with E-state index < -0.39 is 10.0 Å². The van der Waals surface area contributed by atoms with E-state index >= 15 is 0 Å². The molecule has 6 heteroatoms. The lowest BCUT2D eigenvalue weighted by molar-refractivity contribution is 0.585. The molecule has 0 heterocycles. The Bertz CT molecular complexity index is 552. The summed E-state index contributed by atoms with van der Waals surface area (Å²) in [6.45, 7) is 2.12. The van der Waals surface area contributed by atoms with Crippen molar-refractivity contribution in [1.82, 2.24) is 0 Å². The SMILES string of the molecule is CCCSc1ccc(N)c(NS(=O)(=O)C2CCCC2)c1. The van der Waals surface area contributed by atoms with Gasteiger partial charge in [0.05, 0.1) is 16.6 Å². The fourth-order valence-corrected chi connectivity index (χ4v) is 4.78. The Morgan fingerprint density at radius 1 is 1.35 bits per heavy atom. The molecule has 1 aliphatic rings. The summed E-state index contributed by atoms with van der Waals surface area (Å²) in [5.41, 5.74) is 6.88. The van der Waals surface area contributed by atoms with Crippen LogP contribution in [-0.2, 0) is 10.0 Å². The van der Waals surface area contributed by atoms with Crippen molar-refractivity contribution >= 4 is 33.2 Å². The third kappa shape index (κ3) is 3.82. The molecule has 112 valence electrons. The molecular weight excluding hydrogens is 292 g/mol. The molecule has 0 saturated heterocycles. The lowest BCUT2D eigenvalue weighted by Crippen LogP contribution is -2.25. The van der Waals surface area contributed by atoms with Crippen molar-refractivity contribution in [3.8, 4) is 0 Å². The first-order chi connectivity index (χ1) is 9.53. The first-order valence-corrected chi connectivity index (χ1v) is 9.60. The van der Waals surface area contributed by atoms with Gasteiger partial charge in [0.15, 0.2) is 0 Å². The first kappa shape index (κ1) is 15.5. The molecule has 1 saturated carbocycles. The van der Waals surface area contributed by atoms with E-state index in [0.29, 0.717) is 11.4 Å². The van der Waals surface area contributed by atoms with Gasteiger partial charge in [0.25, 0.3) is 0 Å². The van der Waals surface area contributed by atoms with E-state index in [9.17, 15) is 8.42 Å². The normalized spacial score (nSPS) is 16.4. The molecule has 1 aromatic carbocycles. The number of hydrogen-bond donors (Lipinski definition) is 2. The summed E-state index contributed by atoms with van der Waals surface area (Å²) in [5, 5.41) is -0.270. The number of thioether (sulfide) groups is 1. The minimum atomic E-state index is -3.31. The molecule has 20 heavy (non-hydrogen) atoms. The Labute approximate surface area is 125 Å². The van der Waals surface area contributed by atoms with Crippen LogP contribution >= 0.6 is 11.8 Å². The van der Waals surface area contributed by atoms with Crippen molar-refractivity contribution in [2.24, 2.45) is 0 Å². The van der Waals surface area contributed by atoms with Crippen LogP contribution in [0.25, 0.3) is 0 Å². The molecule has 0 radical (unpaired) electrons. The molecule has 0 aliphatic heterocycles. The molecule has 0 bridgehead atoms. The predicted octanol–water partition coefficient (Wildman–Crippen LogP) is 3.46. The van der Waals surface area contributed by atoms with Crippen molar-refractivity contribution in [3.05, 3.63) is 18.2 Å². The van der Waals surface area contributed by atoms with E-state index in [1.165, 1.54) is 0 Å². The zero-order valence-corrected chi connectivity index (χ0v) is 13.4. The molecule has 4 nitrogen and oxygen atoms in total. The number of rotatable bonds is 6. The maximum Gasteiger partial charge on any atom is 0.235 e. The lowest BCUT2D eigenvalue weighted by atomic mass is 10.3. The van der Waals surface area contributed by atoms with E-state index in [2.05, 4.69) is 11.6 Å². The van der Waals surface area contributed by atoms with Gasteiger partial charge in [-0.15, -0.1) is 11.8 Å². The van der Waals surface area contributed by atoms with Crippen molar-refractivity contribution in [3.63, 3.8) is 0 Å². The number of hydrogen-bond acceptors (Lipinski definition) is 4. The molecule has 0 atom stereocenters. The van der Waals surface area contributed by atoms with Gasteiger partial charge in [-0.25, -0.2) is 8.42 Å². The number of anilines is 2. The van der Waals surface area contributed by atoms with Crippen molar-refractivity contribution in [1.29, 1.82) is 0 Å². The standard InChI is InChI=1S/C14H22N2O2S2/c1-2-9-19-11-7-8-13(15)14(10-11)16-20(17,18)12-5-3-4-6-12/h7-8,10,12,16H,2-6,9,15H2,1H3. The first-order valence-electron chi connectivity index (χ1n) is 7.07. The Kier molecular flexibility index (Phi) is 5.21. The fraction of sp³-hybridized carbons (Fsp3) is 0.571. The molecule has 2 rings (SSSR count). The predicted molar refractivity (Wildman–Crippen MR) is 86.7 cm³/mol. The monoisotopic (exact) mass is 314 g/mol. The number of nitrogens with one attached hydrogen (secondary N) is 1. The average molecular weight is 314 g/mol. The second kappa shape index (κ2) is 6.72. The van der Waals surface area contributed by atoms with E-state index in [-0.39, 0.29) is 5.25 Å². The number of nitrogens with two attached hydrogens (primary N) is 1. The number of nitrogen functional groups attached to an aromatic ring is 1. The average Bonchev–Trinajstić information content (AvgIpc) is 2.94. The van der Waals surface area contributed by atoms with Crippen molar-refractivity contribution < 1.29 is 8.42 Å². The molecule has 1 aliphatic carbocycles. The number of benzene rings is 1. The highest BCUT2D eigenvalue weighted by Crippen LogP contribution is 2.31. The van der Waals surface area contributed by atoms with Gasteiger partial charge in [-0.1, -0.05) is 19.8 Å². The van der Waals surface area contributed by atoms with Gasteiger partial charge < -0.3 is 5.73 Å². The summed E-state index contributed by atoms with van der Waals surface area (Å²) >= 11 is 1.71. The summed E-state index contributed by atoms with van der Waals surface area (Å²) in [6.07, 6.45) is 4.57. The van der Waals surface area contributed by atoms with Gasteiger partial charge in [0, 0.05) is 4.90 Å². The fourth-order valence-electron chi connectivity index (χ4n) is 2.37. The Balaban J connectivity index is 2.15. The maximum atomic E-state index is 12.3. The van der Waals surface area contributed by atoms with Crippen molar-refractivity contribution in [2.75, 3.05) is 16.2 Å². The van der Waals surface area contributed by atoms with Crippen molar-refractivity contribution in [2.45, 2.75) is 49.2 Å². The minimum Gasteiger partial charge on any atom is -0.397 e. The van der Waals surface area contributed by atoms with E-state index in [4.69, 9.17) is 5.73 Å². The lowest BCUT2D eigenvalue weighted by Gasteiger charge is -2.15. The summed E-state index contributed by atoms with van der Waals surface area (Å²) in [5.74, 6) is 1.01. The van der Waals surface area contributed by atoms with Crippen LogP contribution in [0.1, 0.15) is 39.0 Å². The van der Waals surface area contributed by atoms with Gasteiger partial charge in [0.2, 0.25) is 10.0 Å². The summed E-state index contributed by atoms with van der Waals surface area (Å²) in [6, 6.07) is 5.54. The molecule has 3 N–H and O–H groups in total. The maximum absolute atomic E-state index is 12.3. The van der Waals surface area contributed by atoms with Crippen LogP contribution in [0.2, 0.25) is 0 Å². The topological polar surface area (TPSA) is 72.2 Å². The minimum absolute atomic E-state index is 0.270. The summed E-state index contributed by atoms with van der Waals surface area (Å²) < 4.78 is 27.3. The van der Waals surface area contributed by atoms with Crippen LogP contribution < -0.4 is 10.5 Å². The third-order valence-electron chi connectivity index (χ3n) is 3.49. The molecule has 1 aromatic rings. The molecule has 1 fully saturated rings. The van der Waals surface area contributed by atoms with Crippen LogP contribution in [0.5, 0.6) is 0 Å². The van der Waals surface area contributed by atoms with Crippen LogP contribution in [0.3, 0.4) is 0 Å². The summed E-state index contributed by atoms with van der Waals surface area (Å²) in [4.78, 5) is 1.05. The molecule has 0 amide bonds. The second-order valence-electron chi connectivity index (χ2n) is 5.15. The smallest absolute Gasteiger partial charge is 0.235 e. The highest BCUT2D eigenvalue weighted by molar-refractivity contribution is 7.99. The largest absolute Gasteiger partial charge is 0.397 e. The third-order valence-corrected chi connectivity index (χ3v) is 6.54. The molecule has 0 unspecified atom stereocenters. The van der Waals surface area contributed by atoms with E-state index in [1.807, 2.05) is 12.1 Å². The Morgan fingerprint density at radius 2 is 2.05 bits per heavy atom. The van der Waals surface area contributed by atoms with Crippen LogP contribution in [-0.4, -0.2) is 19.4 Å². The van der Waals surface area contributed by atoms with Crippen LogP contribution in [0.15, 0.2) is 23.1 Å². The number of sulfonamides is 1. The van der Waals surface area contributed by atoms with Gasteiger partial charge in [-0.3, -0.25) is 4.72 Å². The van der Waals surface area contributed by atoms with Crippen LogP contribution in [0.4, 0.5) is 11.4 Å². The quantitative estimate of drug-likeness (QED) is 0.623. The molecular formula is C14H22N2O2S2. The summed E-state index contributed by atoms with van der Waals surface area (Å²) in [7, 11) is -3.31. The molecule has 0 spiro atoms. The Morgan fingerprint density at radius 3 is 2.70 bits per heavy atom. The zero-order valence-electron chi connectivity index (χ0n) is 11.8. The zero-order chi connectivity index (χ0) is 14.6. The van der Waals surface area contributed by atoms with E-state index in [0.717, 1.165) is 42.8 Å². The van der Waals surface area contributed by atoms with Gasteiger partial charge in [-0.2, -0.15) is 0 Å². The van der Waals surface area contributed by atoms with E-state index in [1.54, 1.807) is 17.8 Å². The van der Waals surface area contributed by atoms with Crippen LogP contribution in [0, 0.1) is 0 Å². The highest BCUT2D eigenvalue weighted by Gasteiger charge is 2.29.